The molecule has 0 spiro atoms. The van der Waals surface area contributed by atoms with Gasteiger partial charge in [0.05, 0.1) is 17.1 Å². The van der Waals surface area contributed by atoms with Crippen LogP contribution in [0.2, 0.25) is 0 Å². The second-order valence-electron chi connectivity index (χ2n) is 5.58. The van der Waals surface area contributed by atoms with Crippen LogP contribution < -0.4 is 5.32 Å². The molecule has 3 rings (SSSR count). The molecule has 1 atom stereocenters. The van der Waals surface area contributed by atoms with Crippen LogP contribution >= 0.6 is 0 Å². The number of hydrogen-bond donors (Lipinski definition) is 1. The van der Waals surface area contributed by atoms with Gasteiger partial charge < -0.3 is 0 Å². The first-order chi connectivity index (χ1) is 10.1. The molecule has 2 aromatic rings. The lowest BCUT2D eigenvalue weighted by atomic mass is 9.92. The minimum atomic E-state index is -0.330. The van der Waals surface area contributed by atoms with E-state index in [9.17, 15) is 9.59 Å². The molecule has 1 fully saturated rings. The number of aryl methyl sites for hydroxylation is 2. The van der Waals surface area contributed by atoms with E-state index >= 15 is 0 Å². The lowest BCUT2D eigenvalue weighted by molar-refractivity contribution is -0.134. The first kappa shape index (κ1) is 13.8. The highest BCUT2D eigenvalue weighted by molar-refractivity contribution is 6.02. The van der Waals surface area contributed by atoms with Crippen LogP contribution in [0.5, 0.6) is 0 Å². The normalized spacial score (nSPS) is 19.0. The van der Waals surface area contributed by atoms with Gasteiger partial charge >= 0.3 is 0 Å². The van der Waals surface area contributed by atoms with Gasteiger partial charge in [-0.3, -0.25) is 19.6 Å². The number of carbonyl (C=O) groups excluding carboxylic acids is 2. The molecule has 1 aromatic heterocycles. The molecule has 1 saturated heterocycles. The van der Waals surface area contributed by atoms with Crippen molar-refractivity contribution in [3.63, 3.8) is 0 Å². The fourth-order valence-corrected chi connectivity index (χ4v) is 3.13. The van der Waals surface area contributed by atoms with Crippen molar-refractivity contribution in [2.24, 2.45) is 7.05 Å². The Kier molecular flexibility index (Phi) is 3.49. The zero-order valence-electron chi connectivity index (χ0n) is 12.3. The Morgan fingerprint density at radius 2 is 2.19 bits per heavy atom. The van der Waals surface area contributed by atoms with Crippen LogP contribution in [-0.2, 0) is 23.1 Å². The summed E-state index contributed by atoms with van der Waals surface area (Å²) in [4.78, 5) is 23.4. The molecule has 1 N–H and O–H groups in total. The molecule has 2 heterocycles. The molecule has 0 saturated carbocycles. The highest BCUT2D eigenvalue weighted by atomic mass is 16.2. The van der Waals surface area contributed by atoms with Crippen molar-refractivity contribution >= 4 is 22.7 Å². The van der Waals surface area contributed by atoms with E-state index in [-0.39, 0.29) is 17.7 Å². The largest absolute Gasteiger partial charge is 0.296 e. The van der Waals surface area contributed by atoms with E-state index in [4.69, 9.17) is 0 Å². The highest BCUT2D eigenvalue weighted by Gasteiger charge is 2.31. The van der Waals surface area contributed by atoms with E-state index in [1.165, 1.54) is 5.56 Å². The smallest absolute Gasteiger partial charge is 0.235 e. The number of fused-ring (bicyclic) bond motifs is 1. The minimum absolute atomic E-state index is 0.192. The number of nitrogens with zero attached hydrogens (tertiary/aromatic N) is 2. The van der Waals surface area contributed by atoms with E-state index in [2.05, 4.69) is 23.4 Å². The second-order valence-corrected chi connectivity index (χ2v) is 5.58. The molecule has 0 bridgehead atoms. The van der Waals surface area contributed by atoms with Gasteiger partial charge in [-0.15, -0.1) is 0 Å². The van der Waals surface area contributed by atoms with Crippen LogP contribution in [0.15, 0.2) is 18.2 Å². The third kappa shape index (κ3) is 2.33. The molecule has 110 valence electrons. The number of amides is 2. The summed E-state index contributed by atoms with van der Waals surface area (Å²) in [5.41, 5.74) is 3.14. The summed E-state index contributed by atoms with van der Waals surface area (Å²) in [6.45, 7) is 2.15. The summed E-state index contributed by atoms with van der Waals surface area (Å²) in [6.07, 6.45) is 2.97. The number of nitrogens with one attached hydrogen (secondary N) is 1. The van der Waals surface area contributed by atoms with Gasteiger partial charge in [-0.1, -0.05) is 31.5 Å². The van der Waals surface area contributed by atoms with Gasteiger partial charge in [0.25, 0.3) is 0 Å². The van der Waals surface area contributed by atoms with Gasteiger partial charge in [0.15, 0.2) is 0 Å². The van der Waals surface area contributed by atoms with Crippen LogP contribution in [0.3, 0.4) is 0 Å². The van der Waals surface area contributed by atoms with Crippen molar-refractivity contribution in [3.8, 4) is 0 Å². The van der Waals surface area contributed by atoms with E-state index in [0.29, 0.717) is 12.8 Å². The van der Waals surface area contributed by atoms with E-state index in [1.54, 1.807) is 0 Å². The number of aromatic nitrogens is 2. The summed E-state index contributed by atoms with van der Waals surface area (Å²) in [5, 5.41) is 8.02. The number of hydrogen-bond acceptors (Lipinski definition) is 3. The standard InChI is InChI=1S/C16H19N3O2/c1-3-5-10-6-4-7-11-14(18-19(2)15(10)11)12-8-9-13(20)17-16(12)21/h4,6-7,12H,3,5,8-9H2,1-2H3,(H,17,20,21). The van der Waals surface area contributed by atoms with Gasteiger partial charge in [-0.25, -0.2) is 0 Å². The van der Waals surface area contributed by atoms with Gasteiger partial charge in [0.1, 0.15) is 0 Å². The molecule has 1 unspecified atom stereocenters. The molecular weight excluding hydrogens is 266 g/mol. The summed E-state index contributed by atoms with van der Waals surface area (Å²) < 4.78 is 1.86. The van der Waals surface area contributed by atoms with Crippen LogP contribution in [0.4, 0.5) is 0 Å². The Balaban J connectivity index is 2.10. The van der Waals surface area contributed by atoms with Crippen molar-refractivity contribution in [2.75, 3.05) is 0 Å². The first-order valence-electron chi connectivity index (χ1n) is 7.40. The lowest BCUT2D eigenvalue weighted by Gasteiger charge is -2.19. The Hall–Kier alpha value is -2.17. The zero-order valence-corrected chi connectivity index (χ0v) is 12.3. The third-order valence-corrected chi connectivity index (χ3v) is 4.07. The summed E-state index contributed by atoms with van der Waals surface area (Å²) in [7, 11) is 1.91. The van der Waals surface area contributed by atoms with Crippen molar-refractivity contribution in [1.82, 2.24) is 15.1 Å². The van der Waals surface area contributed by atoms with E-state index < -0.39 is 0 Å². The molecule has 0 aliphatic carbocycles. The molecule has 5 heteroatoms. The van der Waals surface area contributed by atoms with Crippen molar-refractivity contribution in [2.45, 2.75) is 38.5 Å². The van der Waals surface area contributed by atoms with Gasteiger partial charge in [-0.2, -0.15) is 5.10 Å². The Morgan fingerprint density at radius 3 is 2.90 bits per heavy atom. The van der Waals surface area contributed by atoms with Crippen molar-refractivity contribution in [3.05, 3.63) is 29.5 Å². The maximum Gasteiger partial charge on any atom is 0.235 e. The highest BCUT2D eigenvalue weighted by Crippen LogP contribution is 2.31. The number of imide groups is 1. The molecule has 1 aliphatic heterocycles. The number of carbonyl (C=O) groups is 2. The first-order valence-corrected chi connectivity index (χ1v) is 7.40. The van der Waals surface area contributed by atoms with Crippen molar-refractivity contribution in [1.29, 1.82) is 0 Å². The molecule has 0 radical (unpaired) electrons. The quantitative estimate of drug-likeness (QED) is 0.878. The summed E-state index contributed by atoms with van der Waals surface area (Å²) >= 11 is 0. The lowest BCUT2D eigenvalue weighted by Crippen LogP contribution is -2.39. The topological polar surface area (TPSA) is 64.0 Å². The predicted molar refractivity (Wildman–Crippen MR) is 79.8 cm³/mol. The van der Waals surface area contributed by atoms with Gasteiger partial charge in [0, 0.05) is 18.9 Å². The third-order valence-electron chi connectivity index (χ3n) is 4.07. The summed E-state index contributed by atoms with van der Waals surface area (Å²) in [6, 6.07) is 6.15. The Labute approximate surface area is 123 Å². The summed E-state index contributed by atoms with van der Waals surface area (Å²) in [5.74, 6) is -0.751. The average molecular weight is 285 g/mol. The number of benzene rings is 1. The average Bonchev–Trinajstić information content (AvgIpc) is 2.78. The van der Waals surface area contributed by atoms with Gasteiger partial charge in [0.2, 0.25) is 11.8 Å². The number of piperidine rings is 1. The number of rotatable bonds is 3. The van der Waals surface area contributed by atoms with Gasteiger partial charge in [-0.05, 0) is 18.4 Å². The number of para-hydroxylation sites is 1. The molecular formula is C16H19N3O2. The fraction of sp³-hybridized carbons (Fsp3) is 0.438. The van der Waals surface area contributed by atoms with Crippen LogP contribution in [0.1, 0.15) is 43.4 Å². The van der Waals surface area contributed by atoms with Crippen LogP contribution in [0, 0.1) is 0 Å². The Morgan fingerprint density at radius 1 is 1.38 bits per heavy atom. The molecule has 2 amide bonds. The molecule has 1 aliphatic rings. The Bertz CT molecular complexity index is 718. The fourth-order valence-electron chi connectivity index (χ4n) is 3.13. The van der Waals surface area contributed by atoms with Crippen LogP contribution in [-0.4, -0.2) is 21.6 Å². The molecule has 5 nitrogen and oxygen atoms in total. The monoisotopic (exact) mass is 285 g/mol. The molecule has 21 heavy (non-hydrogen) atoms. The maximum atomic E-state index is 12.1. The predicted octanol–water partition coefficient (Wildman–Crippen LogP) is 2.05. The SMILES string of the molecule is CCCc1cccc2c(C3CCC(=O)NC3=O)nn(C)c12. The second kappa shape index (κ2) is 5.31. The van der Waals surface area contributed by atoms with E-state index in [0.717, 1.165) is 29.4 Å². The minimum Gasteiger partial charge on any atom is -0.296 e. The zero-order chi connectivity index (χ0) is 15.0. The van der Waals surface area contributed by atoms with Crippen molar-refractivity contribution < 1.29 is 9.59 Å². The van der Waals surface area contributed by atoms with E-state index in [1.807, 2.05) is 23.9 Å². The maximum absolute atomic E-state index is 12.1. The van der Waals surface area contributed by atoms with Crippen LogP contribution in [0.25, 0.3) is 10.9 Å². The molecule has 1 aromatic carbocycles.